The van der Waals surface area contributed by atoms with Gasteiger partial charge < -0.3 is 15.9 Å². The van der Waals surface area contributed by atoms with Crippen molar-refractivity contribution in [2.24, 2.45) is 29.4 Å². The minimum atomic E-state index is -2.69. The highest BCUT2D eigenvalue weighted by Gasteiger charge is 2.69. The number of aromatic hydroxyl groups is 1. The number of Topliss-reactive ketones (excluding diaryl/α,β-unsaturated/α-hetero) is 4. The molecule has 0 spiro atoms. The Labute approximate surface area is 203 Å². The second kappa shape index (κ2) is 8.95. The summed E-state index contributed by atoms with van der Waals surface area (Å²) in [6, 6.07) is 2.15. The van der Waals surface area contributed by atoms with Gasteiger partial charge in [-0.15, -0.1) is 0 Å². The van der Waals surface area contributed by atoms with Crippen LogP contribution in [0.2, 0.25) is 0 Å². The van der Waals surface area contributed by atoms with E-state index in [0.29, 0.717) is 12.0 Å². The number of carbonyl (C=O) groups is 5. The molecule has 1 amide bonds. The molecule has 0 aromatic heterocycles. The molecule has 1 aromatic rings. The number of aliphatic hydroxyl groups is 1. The maximum absolute atomic E-state index is 13.7. The fraction of sp³-hybridized carbons (Fsp3) is 0.577. The first-order valence-corrected chi connectivity index (χ1v) is 12.1. The zero-order valence-electron chi connectivity index (χ0n) is 20.2. The number of rotatable bonds is 6. The first-order valence-electron chi connectivity index (χ1n) is 12.1. The van der Waals surface area contributed by atoms with Crippen molar-refractivity contribution in [1.29, 1.82) is 0 Å². The van der Waals surface area contributed by atoms with Crippen LogP contribution in [0.1, 0.15) is 54.1 Å². The molecule has 6 atom stereocenters. The van der Waals surface area contributed by atoms with Crippen LogP contribution in [-0.4, -0.2) is 69.9 Å². The molecular weight excluding hydrogens is 452 g/mol. The van der Waals surface area contributed by atoms with Gasteiger partial charge >= 0.3 is 0 Å². The van der Waals surface area contributed by atoms with E-state index in [1.165, 1.54) is 11.0 Å². The molecule has 0 radical (unpaired) electrons. The predicted octanol–water partition coefficient (Wildman–Crippen LogP) is 0.600. The SMILES string of the molecule is CCCCCc1ccc(O)c2c1C[C@H]1C[C@H]3[C@H](N(C)C)C(=O)C(C(N)=O)C(=O)[C@@]3(O)C(=O)C1C2=O. The smallest absolute Gasteiger partial charge is 0.235 e. The van der Waals surface area contributed by atoms with E-state index in [4.69, 9.17) is 5.73 Å². The van der Waals surface area contributed by atoms with Crippen molar-refractivity contribution in [2.45, 2.75) is 57.1 Å². The van der Waals surface area contributed by atoms with Crippen LogP contribution in [0.5, 0.6) is 5.75 Å². The number of unbranched alkanes of at least 4 members (excludes halogenated alkanes) is 2. The zero-order chi connectivity index (χ0) is 25.8. The summed E-state index contributed by atoms with van der Waals surface area (Å²) in [5, 5.41) is 22.1. The Morgan fingerprint density at radius 1 is 1.14 bits per heavy atom. The minimum Gasteiger partial charge on any atom is -0.507 e. The first kappa shape index (κ1) is 25.2. The molecule has 0 saturated heterocycles. The fourth-order valence-electron chi connectivity index (χ4n) is 6.47. The molecule has 2 saturated carbocycles. The van der Waals surface area contributed by atoms with Gasteiger partial charge in [-0.1, -0.05) is 25.8 Å². The van der Waals surface area contributed by atoms with Gasteiger partial charge in [-0.2, -0.15) is 0 Å². The van der Waals surface area contributed by atoms with Crippen LogP contribution in [0.4, 0.5) is 0 Å². The Kier molecular flexibility index (Phi) is 6.44. The number of amides is 1. The number of hydrogen-bond acceptors (Lipinski definition) is 8. The van der Waals surface area contributed by atoms with Crippen LogP contribution in [0, 0.1) is 23.7 Å². The molecule has 1 aromatic carbocycles. The van der Waals surface area contributed by atoms with E-state index >= 15 is 0 Å². The van der Waals surface area contributed by atoms with Gasteiger partial charge in [0.25, 0.3) is 0 Å². The molecule has 9 heteroatoms. The number of nitrogens with two attached hydrogens (primary N) is 1. The summed E-state index contributed by atoms with van der Waals surface area (Å²) in [6.07, 6.45) is 4.05. The number of phenols is 1. The average Bonchev–Trinajstić information content (AvgIpc) is 2.77. The van der Waals surface area contributed by atoms with Crippen LogP contribution in [0.3, 0.4) is 0 Å². The quantitative estimate of drug-likeness (QED) is 0.392. The van der Waals surface area contributed by atoms with Crippen molar-refractivity contribution in [3.63, 3.8) is 0 Å². The molecule has 0 bridgehead atoms. The van der Waals surface area contributed by atoms with E-state index in [2.05, 4.69) is 6.92 Å². The summed E-state index contributed by atoms with van der Waals surface area (Å²) in [6.45, 7) is 2.09. The number of benzene rings is 1. The number of hydrogen-bond donors (Lipinski definition) is 3. The molecule has 4 N–H and O–H groups in total. The second-order valence-corrected chi connectivity index (χ2v) is 10.3. The molecule has 35 heavy (non-hydrogen) atoms. The largest absolute Gasteiger partial charge is 0.507 e. The van der Waals surface area contributed by atoms with Crippen LogP contribution < -0.4 is 5.73 Å². The molecule has 0 heterocycles. The molecule has 9 nitrogen and oxygen atoms in total. The summed E-state index contributed by atoms with van der Waals surface area (Å²) in [5.41, 5.74) is 4.32. The fourth-order valence-corrected chi connectivity index (χ4v) is 6.47. The number of ketones is 4. The molecule has 0 aliphatic heterocycles. The Morgan fingerprint density at radius 2 is 1.83 bits per heavy atom. The molecule has 2 fully saturated rings. The zero-order valence-corrected chi connectivity index (χ0v) is 20.2. The summed E-state index contributed by atoms with van der Waals surface area (Å²) >= 11 is 0. The van der Waals surface area contributed by atoms with Crippen molar-refractivity contribution in [1.82, 2.24) is 4.90 Å². The van der Waals surface area contributed by atoms with Crippen LogP contribution in [-0.2, 0) is 32.0 Å². The van der Waals surface area contributed by atoms with E-state index < -0.39 is 64.4 Å². The van der Waals surface area contributed by atoms with Gasteiger partial charge in [0, 0.05) is 5.92 Å². The first-order chi connectivity index (χ1) is 16.5. The highest BCUT2D eigenvalue weighted by molar-refractivity contribution is 6.32. The molecule has 188 valence electrons. The Balaban J connectivity index is 1.81. The lowest BCUT2D eigenvalue weighted by atomic mass is 9.52. The third-order valence-electron chi connectivity index (χ3n) is 8.09. The van der Waals surface area contributed by atoms with Crippen molar-refractivity contribution in [3.05, 3.63) is 28.8 Å². The lowest BCUT2D eigenvalue weighted by Crippen LogP contribution is -2.74. The standard InChI is InChI=1S/C26H32N2O7/c1-4-5-6-7-12-8-9-16(29)18-14(12)10-13-11-15-20(28(2)3)22(31)19(25(27)34)24(33)26(15,35)23(32)17(13)21(18)30/h8-9,13,15,17,19-20,29,35H,4-7,10-11H2,1-3H3,(H2,27,34)/t13-,15-,17?,19?,20-,26-/m0/s1. The van der Waals surface area contributed by atoms with E-state index in [1.54, 1.807) is 20.2 Å². The molecule has 2 unspecified atom stereocenters. The van der Waals surface area contributed by atoms with E-state index in [0.717, 1.165) is 31.2 Å². The topological polar surface area (TPSA) is 155 Å². The van der Waals surface area contributed by atoms with Crippen LogP contribution in [0.25, 0.3) is 0 Å². The molecular formula is C26H32N2O7. The number of carbonyl (C=O) groups excluding carboxylic acids is 5. The van der Waals surface area contributed by atoms with Crippen molar-refractivity contribution >= 4 is 29.0 Å². The van der Waals surface area contributed by atoms with Crippen LogP contribution in [0.15, 0.2) is 12.1 Å². The van der Waals surface area contributed by atoms with Gasteiger partial charge in [0.2, 0.25) is 5.91 Å². The minimum absolute atomic E-state index is 0.0607. The highest BCUT2D eigenvalue weighted by atomic mass is 16.3. The maximum atomic E-state index is 13.7. The average molecular weight is 485 g/mol. The summed E-state index contributed by atoms with van der Waals surface area (Å²) in [4.78, 5) is 67.2. The van der Waals surface area contributed by atoms with Crippen molar-refractivity contribution < 1.29 is 34.2 Å². The number of likely N-dealkylation sites (N-methyl/N-ethyl adjacent to an activating group) is 1. The number of fused-ring (bicyclic) bond motifs is 3. The maximum Gasteiger partial charge on any atom is 0.235 e. The normalized spacial score (nSPS) is 32.3. The van der Waals surface area contributed by atoms with E-state index in [-0.39, 0.29) is 17.7 Å². The van der Waals surface area contributed by atoms with E-state index in [1.807, 2.05) is 0 Å². The van der Waals surface area contributed by atoms with Gasteiger partial charge in [-0.25, -0.2) is 0 Å². The number of phenolic OH excluding ortho intramolecular Hbond substituents is 1. The van der Waals surface area contributed by atoms with Crippen LogP contribution >= 0.6 is 0 Å². The Hall–Kier alpha value is -2.91. The van der Waals surface area contributed by atoms with Gasteiger partial charge in [0.1, 0.15) is 5.75 Å². The van der Waals surface area contributed by atoms with Crippen molar-refractivity contribution in [2.75, 3.05) is 14.1 Å². The Morgan fingerprint density at radius 3 is 2.43 bits per heavy atom. The summed E-state index contributed by atoms with van der Waals surface area (Å²) < 4.78 is 0. The van der Waals surface area contributed by atoms with Gasteiger partial charge in [-0.3, -0.25) is 28.9 Å². The Bertz CT molecular complexity index is 1130. The molecule has 3 aliphatic carbocycles. The predicted molar refractivity (Wildman–Crippen MR) is 125 cm³/mol. The number of nitrogens with zero attached hydrogens (tertiary/aromatic N) is 1. The van der Waals surface area contributed by atoms with Gasteiger partial charge in [0.05, 0.1) is 17.5 Å². The molecule has 3 aliphatic rings. The highest BCUT2D eigenvalue weighted by Crippen LogP contribution is 2.51. The second-order valence-electron chi connectivity index (χ2n) is 10.3. The third-order valence-corrected chi connectivity index (χ3v) is 8.09. The third kappa shape index (κ3) is 3.63. The van der Waals surface area contributed by atoms with Gasteiger partial charge in [0.15, 0.2) is 34.7 Å². The number of aryl methyl sites for hydroxylation is 1. The van der Waals surface area contributed by atoms with Crippen molar-refractivity contribution in [3.8, 4) is 5.75 Å². The lowest BCUT2D eigenvalue weighted by Gasteiger charge is -2.52. The summed E-state index contributed by atoms with van der Waals surface area (Å²) in [5.74, 6) is -10.1. The summed E-state index contributed by atoms with van der Waals surface area (Å²) in [7, 11) is 3.14. The van der Waals surface area contributed by atoms with E-state index in [9.17, 15) is 34.2 Å². The lowest BCUT2D eigenvalue weighted by molar-refractivity contribution is -0.181. The number of primary amides is 1. The van der Waals surface area contributed by atoms with Gasteiger partial charge in [-0.05, 0) is 62.9 Å². The monoisotopic (exact) mass is 484 g/mol. The molecule has 4 rings (SSSR count).